The van der Waals surface area contributed by atoms with Crippen molar-refractivity contribution in [1.29, 1.82) is 0 Å². The largest absolute Gasteiger partial charge is 0.487 e. The number of likely N-dealkylation sites (tertiary alicyclic amines) is 1. The maximum absolute atomic E-state index is 12.7. The predicted molar refractivity (Wildman–Crippen MR) is 110 cm³/mol. The zero-order chi connectivity index (χ0) is 21.1. The lowest BCUT2D eigenvalue weighted by Crippen LogP contribution is -2.48. The molecule has 0 radical (unpaired) electrons. The van der Waals surface area contributed by atoms with Gasteiger partial charge in [-0.15, -0.1) is 0 Å². The van der Waals surface area contributed by atoms with Crippen molar-refractivity contribution in [1.82, 2.24) is 4.90 Å². The number of nitrogens with one attached hydrogen (secondary N) is 1. The fourth-order valence-corrected chi connectivity index (χ4v) is 4.76. The molecule has 1 aromatic carbocycles. The highest BCUT2D eigenvalue weighted by Crippen LogP contribution is 2.47. The molecule has 2 amide bonds. The highest BCUT2D eigenvalue weighted by Gasteiger charge is 2.46. The van der Waals surface area contributed by atoms with Crippen LogP contribution in [0.1, 0.15) is 43.6 Å². The van der Waals surface area contributed by atoms with E-state index in [0.29, 0.717) is 18.5 Å². The first-order valence-electron chi connectivity index (χ1n) is 10.7. The van der Waals surface area contributed by atoms with Crippen LogP contribution in [0.2, 0.25) is 0 Å². The molecule has 4 atom stereocenters. The van der Waals surface area contributed by atoms with E-state index in [1.807, 2.05) is 17.0 Å². The molecule has 30 heavy (non-hydrogen) atoms. The Morgan fingerprint density at radius 3 is 2.80 bits per heavy atom. The van der Waals surface area contributed by atoms with Crippen LogP contribution < -0.4 is 10.1 Å². The van der Waals surface area contributed by atoms with Crippen LogP contribution in [0.15, 0.2) is 18.2 Å². The van der Waals surface area contributed by atoms with Gasteiger partial charge in [-0.05, 0) is 43.9 Å². The van der Waals surface area contributed by atoms with Crippen molar-refractivity contribution in [2.45, 2.75) is 56.3 Å². The van der Waals surface area contributed by atoms with Gasteiger partial charge in [0.2, 0.25) is 11.8 Å². The number of nitrogens with zero attached hydrogens (tertiary/aromatic N) is 1. The second kappa shape index (κ2) is 9.32. The van der Waals surface area contributed by atoms with Crippen LogP contribution in [0.3, 0.4) is 0 Å². The molecule has 1 aromatic rings. The average Bonchev–Trinajstić information content (AvgIpc) is 3.12. The first-order chi connectivity index (χ1) is 14.6. The molecule has 3 aliphatic heterocycles. The fraction of sp³-hybridized carbons (Fsp3) is 0.636. The molecular formula is C22H30N2O6. The number of rotatable bonds is 6. The van der Waals surface area contributed by atoms with Gasteiger partial charge < -0.3 is 29.5 Å². The van der Waals surface area contributed by atoms with Gasteiger partial charge in [-0.3, -0.25) is 9.59 Å². The van der Waals surface area contributed by atoms with E-state index in [-0.39, 0.29) is 43.2 Å². The molecule has 0 aliphatic carbocycles. The number of benzene rings is 1. The summed E-state index contributed by atoms with van der Waals surface area (Å²) in [7, 11) is 1.48. The minimum atomic E-state index is -0.484. The Balaban J connectivity index is 1.48. The van der Waals surface area contributed by atoms with Crippen LogP contribution >= 0.6 is 0 Å². The number of amides is 2. The van der Waals surface area contributed by atoms with Gasteiger partial charge >= 0.3 is 0 Å². The number of hydrogen-bond donors (Lipinski definition) is 2. The number of piperidine rings is 1. The lowest BCUT2D eigenvalue weighted by Gasteiger charge is -2.38. The number of carbonyl (C=O) groups excluding carboxylic acids is 2. The second-order valence-electron chi connectivity index (χ2n) is 8.28. The number of anilines is 1. The molecule has 0 aromatic heterocycles. The molecule has 0 saturated carbocycles. The minimum absolute atomic E-state index is 0.00401. The first kappa shape index (κ1) is 21.1. The van der Waals surface area contributed by atoms with E-state index in [1.54, 1.807) is 6.07 Å². The Morgan fingerprint density at radius 2 is 2.07 bits per heavy atom. The van der Waals surface area contributed by atoms with Gasteiger partial charge in [-0.1, -0.05) is 0 Å². The highest BCUT2D eigenvalue weighted by atomic mass is 16.6. The summed E-state index contributed by atoms with van der Waals surface area (Å²) in [6, 6.07) is 5.53. The third kappa shape index (κ3) is 4.45. The summed E-state index contributed by atoms with van der Waals surface area (Å²) in [5, 5.41) is 12.7. The molecule has 2 saturated heterocycles. The number of aliphatic hydroxyl groups excluding tert-OH is 1. The summed E-state index contributed by atoms with van der Waals surface area (Å²) < 4.78 is 17.0. The summed E-state index contributed by atoms with van der Waals surface area (Å²) in [5.74, 6) is 0.636. The molecular weight excluding hydrogens is 388 g/mol. The number of fused-ring (bicyclic) bond motifs is 3. The minimum Gasteiger partial charge on any atom is -0.487 e. The molecule has 0 spiro atoms. The van der Waals surface area contributed by atoms with Gasteiger partial charge in [0.15, 0.2) is 0 Å². The Labute approximate surface area is 176 Å². The number of methoxy groups -OCH3 is 1. The number of hydrogen-bond acceptors (Lipinski definition) is 6. The molecule has 164 valence electrons. The highest BCUT2D eigenvalue weighted by molar-refractivity contribution is 5.92. The predicted octanol–water partition coefficient (Wildman–Crippen LogP) is 1.67. The standard InChI is InChI=1S/C22H30N2O6/c1-28-13-20(26)23-14-5-6-18-16(9-14)17-10-15(29-19(12-25)22(17)30-18)11-21(27)24-7-3-2-4-8-24/h5-6,9,15,17,19,22,25H,2-4,7-8,10-13H2,1H3,(H,23,26)/t15-,17-,19-,22+/m1/s1. The third-order valence-electron chi connectivity index (χ3n) is 6.17. The van der Waals surface area contributed by atoms with Crippen LogP contribution in [0.5, 0.6) is 5.75 Å². The Morgan fingerprint density at radius 1 is 1.27 bits per heavy atom. The van der Waals surface area contributed by atoms with Crippen molar-refractivity contribution in [3.05, 3.63) is 23.8 Å². The molecule has 8 heteroatoms. The molecule has 0 unspecified atom stereocenters. The van der Waals surface area contributed by atoms with Gasteiger partial charge in [0.1, 0.15) is 24.6 Å². The lowest BCUT2D eigenvalue weighted by molar-refractivity contribution is -0.149. The van der Waals surface area contributed by atoms with Crippen molar-refractivity contribution in [3.8, 4) is 5.75 Å². The normalized spacial score (nSPS) is 27.7. The van der Waals surface area contributed by atoms with Gasteiger partial charge in [0.25, 0.3) is 0 Å². The quantitative estimate of drug-likeness (QED) is 0.729. The summed E-state index contributed by atoms with van der Waals surface area (Å²) in [6.07, 6.45) is 3.21. The SMILES string of the molecule is COCC(=O)Nc1ccc2c(c1)[C@H]1C[C@H](CC(=O)N3CCCCC3)O[C@H](CO)[C@H]1O2. The van der Waals surface area contributed by atoms with E-state index >= 15 is 0 Å². The maximum Gasteiger partial charge on any atom is 0.250 e. The summed E-state index contributed by atoms with van der Waals surface area (Å²) in [6.45, 7) is 1.46. The van der Waals surface area contributed by atoms with Gasteiger partial charge in [0, 0.05) is 37.4 Å². The van der Waals surface area contributed by atoms with E-state index < -0.39 is 6.10 Å². The smallest absolute Gasteiger partial charge is 0.250 e. The molecule has 3 aliphatic rings. The van der Waals surface area contributed by atoms with Crippen LogP contribution in [0, 0.1) is 0 Å². The Bertz CT molecular complexity index is 779. The maximum atomic E-state index is 12.7. The topological polar surface area (TPSA) is 97.3 Å². The number of carbonyl (C=O) groups is 2. The van der Waals surface area contributed by atoms with Crippen LogP contribution in [-0.4, -0.2) is 73.5 Å². The molecule has 8 nitrogen and oxygen atoms in total. The van der Waals surface area contributed by atoms with Crippen LogP contribution in [0.4, 0.5) is 5.69 Å². The Hall–Kier alpha value is -2.16. The van der Waals surface area contributed by atoms with Crippen LogP contribution in [0.25, 0.3) is 0 Å². The molecule has 2 fully saturated rings. The van der Waals surface area contributed by atoms with E-state index in [4.69, 9.17) is 14.2 Å². The summed E-state index contributed by atoms with van der Waals surface area (Å²) >= 11 is 0. The van der Waals surface area contributed by atoms with E-state index in [9.17, 15) is 14.7 Å². The third-order valence-corrected chi connectivity index (χ3v) is 6.17. The number of aliphatic hydroxyl groups is 1. The van der Waals surface area contributed by atoms with Crippen molar-refractivity contribution in [2.75, 3.05) is 38.7 Å². The lowest BCUT2D eigenvalue weighted by atomic mass is 9.84. The van der Waals surface area contributed by atoms with Crippen molar-refractivity contribution in [2.24, 2.45) is 0 Å². The molecule has 3 heterocycles. The Kier molecular flexibility index (Phi) is 6.55. The van der Waals surface area contributed by atoms with Gasteiger partial charge in [-0.2, -0.15) is 0 Å². The first-order valence-corrected chi connectivity index (χ1v) is 10.7. The second-order valence-corrected chi connectivity index (χ2v) is 8.28. The van der Waals surface area contributed by atoms with Crippen molar-refractivity contribution in [3.63, 3.8) is 0 Å². The van der Waals surface area contributed by atoms with Crippen LogP contribution in [-0.2, 0) is 19.1 Å². The molecule has 4 rings (SSSR count). The molecule has 2 N–H and O–H groups in total. The zero-order valence-electron chi connectivity index (χ0n) is 17.3. The fourth-order valence-electron chi connectivity index (χ4n) is 4.76. The summed E-state index contributed by atoms with van der Waals surface area (Å²) in [4.78, 5) is 26.5. The van der Waals surface area contributed by atoms with Gasteiger partial charge in [-0.25, -0.2) is 0 Å². The zero-order valence-corrected chi connectivity index (χ0v) is 17.3. The van der Waals surface area contributed by atoms with Gasteiger partial charge in [0.05, 0.1) is 19.1 Å². The van der Waals surface area contributed by atoms with Crippen molar-refractivity contribution >= 4 is 17.5 Å². The average molecular weight is 418 g/mol. The molecule has 0 bridgehead atoms. The van der Waals surface area contributed by atoms with E-state index in [2.05, 4.69) is 5.32 Å². The van der Waals surface area contributed by atoms with Crippen molar-refractivity contribution < 1.29 is 28.9 Å². The van der Waals surface area contributed by atoms with E-state index in [0.717, 1.165) is 37.2 Å². The monoisotopic (exact) mass is 418 g/mol. The number of ether oxygens (including phenoxy) is 3. The summed E-state index contributed by atoms with van der Waals surface area (Å²) in [5.41, 5.74) is 1.65. The van der Waals surface area contributed by atoms with E-state index in [1.165, 1.54) is 13.5 Å².